The lowest BCUT2D eigenvalue weighted by Gasteiger charge is -2.47. The molecule has 1 amide bonds. The molecule has 2 saturated heterocycles. The van der Waals surface area contributed by atoms with Gasteiger partial charge < -0.3 is 39.8 Å². The van der Waals surface area contributed by atoms with E-state index in [0.717, 1.165) is 64.4 Å². The Bertz CT molecular complexity index is 1790. The average molecular weight is 699 g/mol. The molecule has 2 aliphatic rings. The van der Waals surface area contributed by atoms with E-state index in [4.69, 9.17) is 9.47 Å². The van der Waals surface area contributed by atoms with Gasteiger partial charge >= 0.3 is 0 Å². The van der Waals surface area contributed by atoms with Crippen molar-refractivity contribution in [3.8, 4) is 5.75 Å². The first kappa shape index (κ1) is 36.5. The number of anilines is 1. The standard InChI is InChI=1S/C39H50N6O6/c1-43(20-17-40-26-34(47)31-8-10-33(46)38-32(31)9-11-36(48)42-38)37(49)13-23-50-22-12-29-5-4-6-30(25-29)27-44-18-14-39(15-19-44)28-45(21-24-51-39)35-7-2-3-16-41-35/h2-11,16,25,34,40,46-47H,12-15,17-24,26-28H2,1H3,(H,42,48). The van der Waals surface area contributed by atoms with E-state index in [1.54, 1.807) is 24.1 Å². The number of hydrogen-bond donors (Lipinski definition) is 4. The summed E-state index contributed by atoms with van der Waals surface area (Å²) in [5, 5.41) is 24.6. The number of piperidine rings is 1. The summed E-state index contributed by atoms with van der Waals surface area (Å²) in [6.45, 7) is 7.59. The number of hydrogen-bond acceptors (Lipinski definition) is 10. The Morgan fingerprint density at radius 2 is 1.92 bits per heavy atom. The smallest absolute Gasteiger partial charge is 0.248 e. The van der Waals surface area contributed by atoms with Crippen molar-refractivity contribution in [2.45, 2.75) is 43.9 Å². The number of nitrogens with one attached hydrogen (secondary N) is 2. The summed E-state index contributed by atoms with van der Waals surface area (Å²) in [5.74, 6) is 0.982. The van der Waals surface area contributed by atoms with E-state index in [0.29, 0.717) is 49.2 Å². The van der Waals surface area contributed by atoms with Crippen molar-refractivity contribution in [1.29, 1.82) is 0 Å². The van der Waals surface area contributed by atoms with Crippen LogP contribution in [0.4, 0.5) is 5.82 Å². The molecule has 4 N–H and O–H groups in total. The molecule has 2 aromatic heterocycles. The lowest BCUT2D eigenvalue weighted by atomic mass is 9.89. The molecule has 6 rings (SSSR count). The third-order valence-electron chi connectivity index (χ3n) is 10.0. The molecule has 4 heterocycles. The van der Waals surface area contributed by atoms with Crippen LogP contribution < -0.4 is 15.8 Å². The number of likely N-dealkylation sites (tertiary alicyclic amines) is 1. The van der Waals surface area contributed by atoms with E-state index < -0.39 is 6.10 Å². The molecule has 51 heavy (non-hydrogen) atoms. The van der Waals surface area contributed by atoms with Gasteiger partial charge in [0, 0.05) is 77.1 Å². The van der Waals surface area contributed by atoms with E-state index in [1.165, 1.54) is 23.3 Å². The molecule has 272 valence electrons. The number of rotatable bonds is 15. The zero-order chi connectivity index (χ0) is 35.6. The number of aliphatic hydroxyl groups excluding tert-OH is 1. The van der Waals surface area contributed by atoms with Gasteiger partial charge in [0.05, 0.1) is 43.5 Å². The second-order valence-electron chi connectivity index (χ2n) is 13.7. The predicted molar refractivity (Wildman–Crippen MR) is 197 cm³/mol. The van der Waals surface area contributed by atoms with Crippen molar-refractivity contribution < 1.29 is 24.5 Å². The number of benzene rings is 2. The number of likely N-dealkylation sites (N-methyl/N-ethyl adjacent to an activating group) is 1. The SMILES string of the molecule is CN(CCNCC(O)c1ccc(O)c2[nH]c(=O)ccc12)C(=O)CCOCCc1cccc(CN2CCC3(CC2)CN(c2ccccn2)CCO3)c1. The van der Waals surface area contributed by atoms with Crippen LogP contribution in [-0.2, 0) is 27.2 Å². The van der Waals surface area contributed by atoms with Crippen LogP contribution in [0, 0.1) is 0 Å². The number of phenols is 1. The van der Waals surface area contributed by atoms with Gasteiger partial charge in [0.25, 0.3) is 0 Å². The first-order valence-electron chi connectivity index (χ1n) is 17.9. The Kier molecular flexibility index (Phi) is 12.3. The number of carbonyl (C=O) groups excluding carboxylic acids is 1. The van der Waals surface area contributed by atoms with Crippen LogP contribution in [0.15, 0.2) is 77.7 Å². The van der Waals surface area contributed by atoms with Crippen molar-refractivity contribution in [2.24, 2.45) is 0 Å². The minimum atomic E-state index is -0.854. The molecule has 12 heteroatoms. The summed E-state index contributed by atoms with van der Waals surface area (Å²) in [7, 11) is 1.76. The highest BCUT2D eigenvalue weighted by atomic mass is 16.5. The Hall–Kier alpha value is -4.33. The number of aromatic nitrogens is 2. The largest absolute Gasteiger partial charge is 0.506 e. The number of amides is 1. The molecule has 1 unspecified atom stereocenters. The first-order valence-corrected chi connectivity index (χ1v) is 17.9. The lowest BCUT2D eigenvalue weighted by Crippen LogP contribution is -2.57. The second kappa shape index (κ2) is 17.3. The molecule has 1 atom stereocenters. The van der Waals surface area contributed by atoms with Gasteiger partial charge in [0.15, 0.2) is 0 Å². The van der Waals surface area contributed by atoms with E-state index in [-0.39, 0.29) is 29.4 Å². The number of aromatic amines is 1. The Balaban J connectivity index is 0.849. The Morgan fingerprint density at radius 3 is 2.75 bits per heavy atom. The van der Waals surface area contributed by atoms with Crippen LogP contribution in [-0.4, -0.2) is 114 Å². The summed E-state index contributed by atoms with van der Waals surface area (Å²) in [6, 6.07) is 20.8. The number of aliphatic hydroxyl groups is 1. The minimum absolute atomic E-state index is 0.000734. The lowest BCUT2D eigenvalue weighted by molar-refractivity contribution is -0.131. The summed E-state index contributed by atoms with van der Waals surface area (Å²) in [5.41, 5.74) is 3.00. The third kappa shape index (κ3) is 9.72. The topological polar surface area (TPSA) is 143 Å². The quantitative estimate of drug-likeness (QED) is 0.137. The number of aromatic hydroxyl groups is 1. The average Bonchev–Trinajstić information content (AvgIpc) is 3.15. The Labute approximate surface area is 299 Å². The van der Waals surface area contributed by atoms with Crippen LogP contribution in [0.1, 0.15) is 42.1 Å². The molecule has 1 spiro atoms. The number of H-pyrrole nitrogens is 1. The molecule has 0 saturated carbocycles. The number of fused-ring (bicyclic) bond motifs is 1. The fraction of sp³-hybridized carbons (Fsp3) is 0.462. The van der Waals surface area contributed by atoms with Crippen LogP contribution >= 0.6 is 0 Å². The van der Waals surface area contributed by atoms with E-state index in [1.807, 2.05) is 18.3 Å². The zero-order valence-electron chi connectivity index (χ0n) is 29.4. The van der Waals surface area contributed by atoms with Gasteiger partial charge in [-0.3, -0.25) is 14.5 Å². The van der Waals surface area contributed by atoms with Gasteiger partial charge in [-0.2, -0.15) is 0 Å². The fourth-order valence-corrected chi connectivity index (χ4v) is 7.06. The van der Waals surface area contributed by atoms with Crippen molar-refractivity contribution in [3.05, 3.63) is 100.0 Å². The molecule has 2 aliphatic heterocycles. The number of phenolic OH excluding ortho intramolecular Hbond substituents is 1. The number of ether oxygens (including phenoxy) is 2. The summed E-state index contributed by atoms with van der Waals surface area (Å²) in [4.78, 5) is 38.0. The number of carbonyl (C=O) groups is 1. The number of pyridine rings is 2. The monoisotopic (exact) mass is 698 g/mol. The Morgan fingerprint density at radius 1 is 1.08 bits per heavy atom. The van der Waals surface area contributed by atoms with Gasteiger partial charge in [0.1, 0.15) is 11.6 Å². The highest BCUT2D eigenvalue weighted by Gasteiger charge is 2.40. The number of morpholine rings is 1. The molecule has 2 fully saturated rings. The molecule has 4 aromatic rings. The van der Waals surface area contributed by atoms with Crippen molar-refractivity contribution in [3.63, 3.8) is 0 Å². The zero-order valence-corrected chi connectivity index (χ0v) is 29.4. The fourth-order valence-electron chi connectivity index (χ4n) is 7.06. The van der Waals surface area contributed by atoms with Crippen LogP contribution in [0.25, 0.3) is 10.9 Å². The maximum absolute atomic E-state index is 12.6. The molecule has 12 nitrogen and oxygen atoms in total. The van der Waals surface area contributed by atoms with Gasteiger partial charge in [-0.1, -0.05) is 36.4 Å². The summed E-state index contributed by atoms with van der Waals surface area (Å²) < 4.78 is 12.2. The van der Waals surface area contributed by atoms with Crippen molar-refractivity contribution >= 4 is 22.6 Å². The van der Waals surface area contributed by atoms with Crippen molar-refractivity contribution in [1.82, 2.24) is 25.1 Å². The van der Waals surface area contributed by atoms with Gasteiger partial charge in [-0.05, 0) is 60.2 Å². The van der Waals surface area contributed by atoms with Crippen LogP contribution in [0.5, 0.6) is 5.75 Å². The van der Waals surface area contributed by atoms with E-state index >= 15 is 0 Å². The third-order valence-corrected chi connectivity index (χ3v) is 10.0. The normalized spacial score (nSPS) is 16.8. The molecule has 0 aliphatic carbocycles. The maximum Gasteiger partial charge on any atom is 0.248 e. The molecular weight excluding hydrogens is 648 g/mol. The van der Waals surface area contributed by atoms with Crippen LogP contribution in [0.3, 0.4) is 0 Å². The molecule has 0 radical (unpaired) electrons. The summed E-state index contributed by atoms with van der Waals surface area (Å²) >= 11 is 0. The van der Waals surface area contributed by atoms with Gasteiger partial charge in [-0.15, -0.1) is 0 Å². The highest BCUT2D eigenvalue weighted by molar-refractivity contribution is 5.87. The first-order chi connectivity index (χ1) is 24.8. The highest BCUT2D eigenvalue weighted by Crippen LogP contribution is 2.32. The molecular formula is C39H50N6O6. The van der Waals surface area contributed by atoms with Crippen LogP contribution in [0.2, 0.25) is 0 Å². The van der Waals surface area contributed by atoms with E-state index in [9.17, 15) is 19.8 Å². The maximum atomic E-state index is 12.6. The number of nitrogens with zero attached hydrogens (tertiary/aromatic N) is 4. The predicted octanol–water partition coefficient (Wildman–Crippen LogP) is 3.23. The van der Waals surface area contributed by atoms with E-state index in [2.05, 4.69) is 55.4 Å². The molecule has 0 bridgehead atoms. The van der Waals surface area contributed by atoms with Crippen molar-refractivity contribution in [2.75, 3.05) is 77.6 Å². The second-order valence-corrected chi connectivity index (χ2v) is 13.7. The summed E-state index contributed by atoms with van der Waals surface area (Å²) in [6.07, 6.45) is 4.12. The van der Waals surface area contributed by atoms with Gasteiger partial charge in [0.2, 0.25) is 11.5 Å². The molecule has 2 aromatic carbocycles. The minimum Gasteiger partial charge on any atom is -0.506 e. The van der Waals surface area contributed by atoms with Gasteiger partial charge in [-0.25, -0.2) is 4.98 Å².